The SMILES string of the molecule is COc1cc(F)ccc1NCc1ccc(C#N)o1. The number of furan rings is 1. The molecule has 1 aromatic heterocycles. The maximum Gasteiger partial charge on any atom is 0.203 e. The third-order valence-corrected chi connectivity index (χ3v) is 2.39. The minimum atomic E-state index is -0.359. The predicted molar refractivity (Wildman–Crippen MR) is 63.7 cm³/mol. The zero-order chi connectivity index (χ0) is 13.0. The Bertz CT molecular complexity index is 587. The van der Waals surface area contributed by atoms with Crippen LogP contribution in [0.5, 0.6) is 5.75 Å². The van der Waals surface area contributed by atoms with Gasteiger partial charge in [0.2, 0.25) is 5.76 Å². The molecule has 1 N–H and O–H groups in total. The molecule has 0 aliphatic heterocycles. The van der Waals surface area contributed by atoms with E-state index < -0.39 is 0 Å². The maximum absolute atomic E-state index is 13.0. The molecule has 0 bridgehead atoms. The standard InChI is InChI=1S/C13H11FN2O2/c1-17-13-6-9(14)2-5-12(13)16-8-11-4-3-10(7-15)18-11/h2-6,16H,8H2,1H3. The van der Waals surface area contributed by atoms with Crippen molar-refractivity contribution in [3.8, 4) is 11.8 Å². The van der Waals surface area contributed by atoms with Crippen LogP contribution in [-0.2, 0) is 6.54 Å². The molecule has 4 nitrogen and oxygen atoms in total. The van der Waals surface area contributed by atoms with Gasteiger partial charge in [0.15, 0.2) is 0 Å². The van der Waals surface area contributed by atoms with Gasteiger partial charge in [-0.3, -0.25) is 0 Å². The first-order valence-corrected chi connectivity index (χ1v) is 5.29. The molecule has 2 aromatic rings. The summed E-state index contributed by atoms with van der Waals surface area (Å²) < 4.78 is 23.3. The molecule has 0 amide bonds. The van der Waals surface area contributed by atoms with Gasteiger partial charge in [0.05, 0.1) is 19.3 Å². The first-order chi connectivity index (χ1) is 8.72. The number of nitrogens with zero attached hydrogens (tertiary/aromatic N) is 1. The van der Waals surface area contributed by atoms with Crippen molar-refractivity contribution >= 4 is 5.69 Å². The second-order valence-electron chi connectivity index (χ2n) is 3.58. The van der Waals surface area contributed by atoms with E-state index in [1.807, 2.05) is 6.07 Å². The Morgan fingerprint density at radius 3 is 2.89 bits per heavy atom. The van der Waals surface area contributed by atoms with Crippen molar-refractivity contribution < 1.29 is 13.5 Å². The molecule has 0 aliphatic rings. The van der Waals surface area contributed by atoms with Gasteiger partial charge in [-0.1, -0.05) is 0 Å². The third kappa shape index (κ3) is 2.61. The van der Waals surface area contributed by atoms with Gasteiger partial charge in [0, 0.05) is 6.07 Å². The van der Waals surface area contributed by atoms with Crippen molar-refractivity contribution in [1.29, 1.82) is 5.26 Å². The van der Waals surface area contributed by atoms with E-state index in [0.717, 1.165) is 0 Å². The Labute approximate surface area is 104 Å². The topological polar surface area (TPSA) is 58.2 Å². The van der Waals surface area contributed by atoms with E-state index in [2.05, 4.69) is 5.32 Å². The van der Waals surface area contributed by atoms with Crippen LogP contribution in [-0.4, -0.2) is 7.11 Å². The lowest BCUT2D eigenvalue weighted by atomic mass is 10.2. The summed E-state index contributed by atoms with van der Waals surface area (Å²) >= 11 is 0. The minimum absolute atomic E-state index is 0.262. The maximum atomic E-state index is 13.0. The van der Waals surface area contributed by atoms with Crippen LogP contribution in [0.15, 0.2) is 34.7 Å². The largest absolute Gasteiger partial charge is 0.494 e. The second kappa shape index (κ2) is 5.23. The molecule has 0 aliphatic carbocycles. The predicted octanol–water partition coefficient (Wildman–Crippen LogP) is 2.91. The van der Waals surface area contributed by atoms with Gasteiger partial charge >= 0.3 is 0 Å². The van der Waals surface area contributed by atoms with Crippen molar-refractivity contribution in [2.75, 3.05) is 12.4 Å². The molecule has 0 saturated carbocycles. The first-order valence-electron chi connectivity index (χ1n) is 5.29. The number of ether oxygens (including phenoxy) is 1. The smallest absolute Gasteiger partial charge is 0.203 e. The molecule has 0 atom stereocenters. The number of anilines is 1. The quantitative estimate of drug-likeness (QED) is 0.901. The van der Waals surface area contributed by atoms with E-state index in [4.69, 9.17) is 14.4 Å². The molecule has 0 unspecified atom stereocenters. The summed E-state index contributed by atoms with van der Waals surface area (Å²) in [6.45, 7) is 0.393. The highest BCUT2D eigenvalue weighted by molar-refractivity contribution is 5.56. The number of nitrogens with one attached hydrogen (secondary N) is 1. The molecule has 18 heavy (non-hydrogen) atoms. The van der Waals surface area contributed by atoms with E-state index >= 15 is 0 Å². The second-order valence-corrected chi connectivity index (χ2v) is 3.58. The molecule has 0 radical (unpaired) electrons. The van der Waals surface area contributed by atoms with Gasteiger partial charge in [0.25, 0.3) is 0 Å². The fourth-order valence-corrected chi connectivity index (χ4v) is 1.53. The van der Waals surface area contributed by atoms with Crippen LogP contribution in [0.2, 0.25) is 0 Å². The Balaban J connectivity index is 2.08. The molecule has 92 valence electrons. The number of hydrogen-bond donors (Lipinski definition) is 1. The summed E-state index contributed by atoms with van der Waals surface area (Å²) in [7, 11) is 1.47. The number of halogens is 1. The summed E-state index contributed by atoms with van der Waals surface area (Å²) in [4.78, 5) is 0. The van der Waals surface area contributed by atoms with Crippen LogP contribution in [0.3, 0.4) is 0 Å². The molecular formula is C13H11FN2O2. The van der Waals surface area contributed by atoms with Crippen molar-refractivity contribution in [3.05, 3.63) is 47.7 Å². The Morgan fingerprint density at radius 1 is 1.39 bits per heavy atom. The summed E-state index contributed by atoms with van der Waals surface area (Å²) in [5.74, 6) is 0.944. The first kappa shape index (κ1) is 12.0. The van der Waals surface area contributed by atoms with Crippen LogP contribution in [0.1, 0.15) is 11.5 Å². The highest BCUT2D eigenvalue weighted by Gasteiger charge is 2.06. The number of methoxy groups -OCH3 is 1. The lowest BCUT2D eigenvalue weighted by Gasteiger charge is -2.09. The molecule has 0 saturated heterocycles. The zero-order valence-corrected chi connectivity index (χ0v) is 9.74. The van der Waals surface area contributed by atoms with Crippen molar-refractivity contribution in [2.24, 2.45) is 0 Å². The number of nitriles is 1. The van der Waals surface area contributed by atoms with Crippen molar-refractivity contribution in [3.63, 3.8) is 0 Å². The Hall–Kier alpha value is -2.48. The van der Waals surface area contributed by atoms with Crippen LogP contribution < -0.4 is 10.1 Å². The molecule has 0 fully saturated rings. The van der Waals surface area contributed by atoms with Crippen molar-refractivity contribution in [2.45, 2.75) is 6.54 Å². The fourth-order valence-electron chi connectivity index (χ4n) is 1.53. The monoisotopic (exact) mass is 246 g/mol. The van der Waals surface area contributed by atoms with Crippen LogP contribution in [0.25, 0.3) is 0 Å². The van der Waals surface area contributed by atoms with Gasteiger partial charge in [-0.25, -0.2) is 4.39 Å². The van der Waals surface area contributed by atoms with Gasteiger partial charge in [0.1, 0.15) is 23.4 Å². The molecule has 1 heterocycles. The Morgan fingerprint density at radius 2 is 2.22 bits per heavy atom. The highest BCUT2D eigenvalue weighted by Crippen LogP contribution is 2.25. The van der Waals surface area contributed by atoms with Crippen molar-refractivity contribution in [1.82, 2.24) is 0 Å². The number of benzene rings is 1. The van der Waals surface area contributed by atoms with E-state index in [1.165, 1.54) is 19.2 Å². The van der Waals surface area contributed by atoms with Crippen LogP contribution in [0.4, 0.5) is 10.1 Å². The minimum Gasteiger partial charge on any atom is -0.494 e. The Kier molecular flexibility index (Phi) is 3.49. The van der Waals surface area contributed by atoms with Crippen LogP contribution >= 0.6 is 0 Å². The zero-order valence-electron chi connectivity index (χ0n) is 9.74. The van der Waals surface area contributed by atoms with E-state index in [-0.39, 0.29) is 11.6 Å². The molecule has 0 spiro atoms. The molecule has 5 heteroatoms. The van der Waals surface area contributed by atoms with Gasteiger partial charge in [-0.2, -0.15) is 5.26 Å². The lowest BCUT2D eigenvalue weighted by Crippen LogP contribution is -2.00. The summed E-state index contributed by atoms with van der Waals surface area (Å²) in [5, 5.41) is 11.7. The van der Waals surface area contributed by atoms with Gasteiger partial charge < -0.3 is 14.5 Å². The fraction of sp³-hybridized carbons (Fsp3) is 0.154. The van der Waals surface area contributed by atoms with Gasteiger partial charge in [-0.15, -0.1) is 0 Å². The average Bonchev–Trinajstić information content (AvgIpc) is 2.85. The lowest BCUT2D eigenvalue weighted by molar-refractivity contribution is 0.412. The number of hydrogen-bond acceptors (Lipinski definition) is 4. The normalized spacial score (nSPS) is 9.83. The summed E-state index contributed by atoms with van der Waals surface area (Å²) in [5.41, 5.74) is 0.661. The molecular weight excluding hydrogens is 235 g/mol. The van der Waals surface area contributed by atoms with E-state index in [9.17, 15) is 4.39 Å². The van der Waals surface area contributed by atoms with E-state index in [0.29, 0.717) is 23.7 Å². The summed E-state index contributed by atoms with van der Waals surface area (Å²) in [6.07, 6.45) is 0. The molecule has 2 rings (SSSR count). The highest BCUT2D eigenvalue weighted by atomic mass is 19.1. The van der Waals surface area contributed by atoms with Crippen LogP contribution in [0, 0.1) is 17.1 Å². The molecule has 1 aromatic carbocycles. The average molecular weight is 246 g/mol. The number of rotatable bonds is 4. The van der Waals surface area contributed by atoms with Gasteiger partial charge in [-0.05, 0) is 24.3 Å². The summed E-state index contributed by atoms with van der Waals surface area (Å²) in [6, 6.07) is 9.44. The van der Waals surface area contributed by atoms with E-state index in [1.54, 1.807) is 18.2 Å². The third-order valence-electron chi connectivity index (χ3n) is 2.39.